The molecule has 0 N–H and O–H groups in total. The largest absolute Gasteiger partial charge is 1.20 e. The molecule has 16 heteroatoms. The van der Waals surface area contributed by atoms with Gasteiger partial charge < -0.3 is 11.4 Å². The van der Waals surface area contributed by atoms with Crippen LogP contribution >= 0.6 is 0 Å². The molecule has 174 valence electrons. The van der Waals surface area contributed by atoms with Crippen LogP contribution < -0.4 is 0 Å². The first-order valence-electron chi connectivity index (χ1n) is 7.61. The second-order valence-electron chi connectivity index (χ2n) is 5.49. The van der Waals surface area contributed by atoms with Gasteiger partial charge in [-0.2, -0.15) is 39.5 Å². The zero-order chi connectivity index (χ0) is 24.8. The van der Waals surface area contributed by atoms with E-state index in [2.05, 4.69) is 11.4 Å². The average Bonchev–Trinajstić information content (AvgIpc) is 2.48. The highest BCUT2D eigenvalue weighted by Gasteiger charge is 2.56. The zero-order valence-electron chi connectivity index (χ0n) is 15.7. The molecule has 0 heterocycles. The van der Waals surface area contributed by atoms with Crippen molar-refractivity contribution in [3.8, 4) is 0 Å². The third-order valence-corrected chi connectivity index (χ3v) is 3.85. The highest BCUT2D eigenvalue weighted by Crippen LogP contribution is 2.33. The van der Waals surface area contributed by atoms with Gasteiger partial charge in [-0.1, -0.05) is 0 Å². The molecule has 0 aromatic carbocycles. The molecule has 0 aliphatic rings. The lowest BCUT2D eigenvalue weighted by molar-refractivity contribution is -0.142. The summed E-state index contributed by atoms with van der Waals surface area (Å²) in [4.78, 5) is 32.8. The first kappa shape index (κ1) is 28.5. The summed E-state index contributed by atoms with van der Waals surface area (Å²) >= 11 is -5.20. The van der Waals surface area contributed by atoms with Crippen molar-refractivity contribution in [3.05, 3.63) is 35.5 Å². The number of rotatable bonds is 9. The van der Waals surface area contributed by atoms with Crippen molar-refractivity contribution in [2.75, 3.05) is 0 Å². The van der Waals surface area contributed by atoms with Gasteiger partial charge in [-0.3, -0.25) is 14.4 Å². The van der Waals surface area contributed by atoms with E-state index < -0.39 is 68.3 Å². The van der Waals surface area contributed by atoms with Crippen LogP contribution in [0.5, 0.6) is 0 Å². The topological polar surface area (TPSA) is 78.9 Å². The van der Waals surface area contributed by atoms with E-state index >= 15 is 0 Å². The average molecular weight is 486 g/mol. The van der Waals surface area contributed by atoms with Crippen LogP contribution in [0.1, 0.15) is 20.8 Å². The predicted octanol–water partition coefficient (Wildman–Crippen LogP) is 4.13. The summed E-state index contributed by atoms with van der Waals surface area (Å²) < 4.78 is 129. The lowest BCUT2D eigenvalue weighted by Crippen LogP contribution is -2.35. The highest BCUT2D eigenvalue weighted by molar-refractivity contribution is 6.38. The van der Waals surface area contributed by atoms with E-state index in [-0.39, 0.29) is 18.2 Å². The van der Waals surface area contributed by atoms with Crippen molar-refractivity contribution < 1.29 is 65.3 Å². The minimum Gasteiger partial charge on any atom is -0.574 e. The van der Waals surface area contributed by atoms with Crippen LogP contribution in [0.25, 0.3) is 0 Å². The van der Waals surface area contributed by atoms with E-state index in [1.807, 2.05) is 0 Å². The number of alkyl halides is 9. The minimum atomic E-state index is -5.55. The molecule has 6 nitrogen and oxygen atoms in total. The highest BCUT2D eigenvalue weighted by atomic mass is 27.3. The molecule has 0 bridgehead atoms. The van der Waals surface area contributed by atoms with Gasteiger partial charge in [0, 0.05) is 18.2 Å². The molecule has 0 amide bonds. The Morgan fingerprint density at radius 3 is 0.871 bits per heavy atom. The first-order chi connectivity index (χ1) is 13.7. The Kier molecular flexibility index (Phi) is 9.86. The van der Waals surface area contributed by atoms with Crippen LogP contribution in [0.3, 0.4) is 0 Å². The molecule has 0 saturated carbocycles. The Hall–Kier alpha value is -2.47. The summed E-state index contributed by atoms with van der Waals surface area (Å²) in [6, 6.07) is 0. The predicted molar refractivity (Wildman–Crippen MR) is 83.5 cm³/mol. The maximum atomic E-state index is 13.0. The molecule has 0 aliphatic carbocycles. The number of ketones is 3. The molecule has 0 atom stereocenters. The number of halogens is 9. The van der Waals surface area contributed by atoms with Crippen molar-refractivity contribution in [1.82, 2.24) is 0 Å². The molecule has 0 fully saturated rings. The monoisotopic (exact) mass is 486 g/mol. The number of carbonyl (C=O) groups is 3. The molecule has 0 aromatic rings. The van der Waals surface area contributed by atoms with Crippen LogP contribution in [0.2, 0.25) is 0 Å². The van der Waals surface area contributed by atoms with E-state index in [0.717, 1.165) is 0 Å². The normalized spacial score (nSPS) is 14.1. The van der Waals surface area contributed by atoms with E-state index in [0.29, 0.717) is 20.8 Å². The molecule has 0 unspecified atom stereocenters. The molecule has 31 heavy (non-hydrogen) atoms. The summed E-state index contributed by atoms with van der Waals surface area (Å²) in [5.41, 5.74) is 0. The smallest absolute Gasteiger partial charge is 0.574 e. The Morgan fingerprint density at radius 1 is 0.548 bits per heavy atom. The van der Waals surface area contributed by atoms with E-state index in [1.54, 1.807) is 0 Å². The number of hydrogen-bond acceptors (Lipinski definition) is 6. The third kappa shape index (κ3) is 11.5. The third-order valence-electron chi connectivity index (χ3n) is 2.51. The van der Waals surface area contributed by atoms with Gasteiger partial charge in [0.25, 0.3) is 0 Å². The SMILES string of the molecule is CC(=O)C=C([O][Al]([O]C(=CC(C)=O)C(F)(F)F)[O]C(=CC(C)=O)C(F)(F)F)C(F)(F)F. The fraction of sp³-hybridized carbons (Fsp3) is 0.400. The van der Waals surface area contributed by atoms with Gasteiger partial charge in [-0.15, -0.1) is 0 Å². The van der Waals surface area contributed by atoms with Crippen LogP contribution in [-0.4, -0.2) is 51.0 Å². The van der Waals surface area contributed by atoms with Crippen molar-refractivity contribution in [2.45, 2.75) is 39.3 Å². The Labute approximate surface area is 173 Å². The Morgan fingerprint density at radius 2 is 0.742 bits per heavy atom. The molecule has 0 aliphatic heterocycles. The Bertz CT molecular complexity index is 686. The maximum Gasteiger partial charge on any atom is 1.20 e. The molecule has 0 saturated heterocycles. The molecular formula is C15H12AlF9O6. The maximum absolute atomic E-state index is 13.0. The summed E-state index contributed by atoms with van der Waals surface area (Å²) in [6.07, 6.45) is -17.4. The number of carbonyl (C=O) groups excluding carboxylic acids is 3. The van der Waals surface area contributed by atoms with Crippen molar-refractivity contribution in [3.63, 3.8) is 0 Å². The first-order valence-corrected chi connectivity index (χ1v) is 9.03. The molecular weight excluding hydrogens is 474 g/mol. The van der Waals surface area contributed by atoms with E-state index in [4.69, 9.17) is 0 Å². The number of hydrogen-bond donors (Lipinski definition) is 0. The van der Waals surface area contributed by atoms with E-state index in [9.17, 15) is 53.9 Å². The van der Waals surface area contributed by atoms with Gasteiger partial charge in [0.1, 0.15) is 0 Å². The summed E-state index contributed by atoms with van der Waals surface area (Å²) in [5, 5.41) is 0. The Balaban J connectivity index is 6.44. The van der Waals surface area contributed by atoms with Gasteiger partial charge in [0.2, 0.25) is 0 Å². The van der Waals surface area contributed by atoms with Crippen LogP contribution in [0, 0.1) is 0 Å². The quantitative estimate of drug-likeness (QED) is 0.211. The van der Waals surface area contributed by atoms with Crippen LogP contribution in [0.4, 0.5) is 39.5 Å². The fourth-order valence-corrected chi connectivity index (χ4v) is 2.86. The van der Waals surface area contributed by atoms with Crippen molar-refractivity contribution in [1.29, 1.82) is 0 Å². The van der Waals surface area contributed by atoms with Gasteiger partial charge in [-0.05, 0) is 20.8 Å². The second kappa shape index (κ2) is 10.7. The molecule has 0 radical (unpaired) electrons. The van der Waals surface area contributed by atoms with Gasteiger partial charge in [0.15, 0.2) is 34.6 Å². The van der Waals surface area contributed by atoms with Gasteiger partial charge in [-0.25, -0.2) is 0 Å². The summed E-state index contributed by atoms with van der Waals surface area (Å²) in [5.74, 6) is -10.9. The second-order valence-corrected chi connectivity index (χ2v) is 6.78. The van der Waals surface area contributed by atoms with E-state index in [1.165, 1.54) is 0 Å². The standard InChI is InChI=1S/3C5H5F3O2.Al/c3*1-3(9)2-4(10)5(6,7)8;/h3*2,10H,1H3;/q;;;+3/p-3. The van der Waals surface area contributed by atoms with Crippen LogP contribution in [-0.2, 0) is 25.7 Å². The molecule has 0 aromatic heterocycles. The lowest BCUT2D eigenvalue weighted by Gasteiger charge is -2.23. The zero-order valence-corrected chi connectivity index (χ0v) is 16.8. The number of allylic oxidation sites excluding steroid dienone is 6. The van der Waals surface area contributed by atoms with Crippen molar-refractivity contribution in [2.24, 2.45) is 0 Å². The van der Waals surface area contributed by atoms with Crippen LogP contribution in [0.15, 0.2) is 35.5 Å². The van der Waals surface area contributed by atoms with Gasteiger partial charge in [0.05, 0.1) is 0 Å². The summed E-state index contributed by atoms with van der Waals surface area (Å²) in [6.45, 7) is 1.75. The van der Waals surface area contributed by atoms with Crippen molar-refractivity contribution >= 4 is 32.5 Å². The minimum absolute atomic E-state index is 0.267. The lowest BCUT2D eigenvalue weighted by atomic mass is 10.3. The molecule has 0 spiro atoms. The van der Waals surface area contributed by atoms with Gasteiger partial charge >= 0.3 is 33.7 Å². The fourth-order valence-electron chi connectivity index (χ4n) is 1.49. The molecule has 0 rings (SSSR count). The summed E-state index contributed by atoms with van der Waals surface area (Å²) in [7, 11) is 0.